The van der Waals surface area contributed by atoms with Crippen molar-refractivity contribution in [2.75, 3.05) is 13.2 Å². The molecule has 0 bridgehead atoms. The van der Waals surface area contributed by atoms with Gasteiger partial charge in [-0.05, 0) is 70.6 Å². The number of ether oxygens (including phenoxy) is 3. The molecule has 6 heteroatoms. The Kier molecular flexibility index (Phi) is 38.1. The molecule has 1 unspecified atom stereocenters. The lowest BCUT2D eigenvalue weighted by Crippen LogP contribution is -2.30. The Labute approximate surface area is 314 Å². The molecule has 0 aliphatic heterocycles. The van der Waals surface area contributed by atoms with Gasteiger partial charge in [-0.25, -0.2) is 0 Å². The first-order valence-corrected chi connectivity index (χ1v) is 21.1. The lowest BCUT2D eigenvalue weighted by atomic mass is 10.1. The van der Waals surface area contributed by atoms with Crippen LogP contribution in [0.5, 0.6) is 0 Å². The molecule has 294 valence electrons. The van der Waals surface area contributed by atoms with Gasteiger partial charge in [0.25, 0.3) is 0 Å². The number of hydrogen-bond acceptors (Lipinski definition) is 6. The normalized spacial score (nSPS) is 12.5. The van der Waals surface area contributed by atoms with Crippen LogP contribution in [0, 0.1) is 0 Å². The molecule has 6 nitrogen and oxygen atoms in total. The molecule has 0 saturated carbocycles. The fraction of sp³-hybridized carbons (Fsp3) is 0.756. The summed E-state index contributed by atoms with van der Waals surface area (Å²) in [5.74, 6) is -0.933. The zero-order valence-corrected chi connectivity index (χ0v) is 33.4. The molecule has 0 heterocycles. The summed E-state index contributed by atoms with van der Waals surface area (Å²) in [7, 11) is 0. The summed E-state index contributed by atoms with van der Waals surface area (Å²) < 4.78 is 16.6. The predicted molar refractivity (Wildman–Crippen MR) is 215 cm³/mol. The summed E-state index contributed by atoms with van der Waals surface area (Å²) in [4.78, 5) is 37.5. The van der Waals surface area contributed by atoms with E-state index < -0.39 is 6.10 Å². The van der Waals surface area contributed by atoms with Crippen molar-refractivity contribution in [3.05, 3.63) is 48.6 Å². The van der Waals surface area contributed by atoms with Gasteiger partial charge < -0.3 is 14.2 Å². The van der Waals surface area contributed by atoms with Crippen LogP contribution in [-0.2, 0) is 28.6 Å². The molecule has 0 aromatic rings. The Morgan fingerprint density at radius 1 is 0.412 bits per heavy atom. The number of hydrogen-bond donors (Lipinski definition) is 0. The van der Waals surface area contributed by atoms with Gasteiger partial charge in [0.1, 0.15) is 13.2 Å². The van der Waals surface area contributed by atoms with E-state index >= 15 is 0 Å². The highest BCUT2D eigenvalue weighted by molar-refractivity contribution is 5.71. The van der Waals surface area contributed by atoms with E-state index in [9.17, 15) is 14.4 Å². The molecular weight excluding hydrogens is 636 g/mol. The van der Waals surface area contributed by atoms with Gasteiger partial charge in [0.15, 0.2) is 6.10 Å². The summed E-state index contributed by atoms with van der Waals surface area (Å²) in [6.45, 7) is 6.39. The first-order valence-electron chi connectivity index (χ1n) is 21.1. The van der Waals surface area contributed by atoms with E-state index in [2.05, 4.69) is 69.4 Å². The lowest BCUT2D eigenvalue weighted by Gasteiger charge is -2.18. The minimum absolute atomic E-state index is 0.0852. The Bertz CT molecular complexity index is 918. The van der Waals surface area contributed by atoms with Gasteiger partial charge in [-0.1, -0.05) is 159 Å². The van der Waals surface area contributed by atoms with E-state index in [4.69, 9.17) is 14.2 Å². The largest absolute Gasteiger partial charge is 0.462 e. The zero-order chi connectivity index (χ0) is 37.3. The molecule has 0 saturated heterocycles. The molecular formula is C45H78O6. The summed E-state index contributed by atoms with van der Waals surface area (Å²) in [6, 6.07) is 0. The summed E-state index contributed by atoms with van der Waals surface area (Å²) in [6.07, 6.45) is 45.2. The highest BCUT2D eigenvalue weighted by Gasteiger charge is 2.19. The van der Waals surface area contributed by atoms with Crippen molar-refractivity contribution in [1.82, 2.24) is 0 Å². The van der Waals surface area contributed by atoms with E-state index in [1.165, 1.54) is 57.8 Å². The Morgan fingerprint density at radius 3 is 1.31 bits per heavy atom. The van der Waals surface area contributed by atoms with E-state index in [-0.39, 0.29) is 31.1 Å². The molecule has 0 fully saturated rings. The molecule has 0 amide bonds. The van der Waals surface area contributed by atoms with Gasteiger partial charge in [0.2, 0.25) is 0 Å². The van der Waals surface area contributed by atoms with Gasteiger partial charge >= 0.3 is 17.9 Å². The third-order valence-corrected chi connectivity index (χ3v) is 8.80. The lowest BCUT2D eigenvalue weighted by molar-refractivity contribution is -0.167. The molecule has 0 N–H and O–H groups in total. The van der Waals surface area contributed by atoms with Crippen LogP contribution in [0.4, 0.5) is 0 Å². The van der Waals surface area contributed by atoms with Crippen molar-refractivity contribution in [3.63, 3.8) is 0 Å². The third kappa shape index (κ3) is 38.4. The number of allylic oxidation sites excluding steroid dienone is 8. The van der Waals surface area contributed by atoms with Crippen molar-refractivity contribution < 1.29 is 28.6 Å². The standard InChI is InChI=1S/C45H78O6/c1-4-7-10-13-16-19-22-23-24-27-29-32-35-38-44(47)50-41-42(51-45(48)39-36-33-30-26-21-18-15-12-9-6-3)40-49-43(46)37-34-31-28-25-20-17-14-11-8-5-2/h7,10,12,15-16,19,23-24,42H,4-6,8-9,11,13-14,17-18,20-22,25-41H2,1-3H3/b10-7-,15-12-,19-16-,24-23-. The second-order valence-corrected chi connectivity index (χ2v) is 13.9. The number of carbonyl (C=O) groups is 3. The van der Waals surface area contributed by atoms with E-state index in [0.717, 1.165) is 103 Å². The smallest absolute Gasteiger partial charge is 0.306 e. The molecule has 1 atom stereocenters. The first-order chi connectivity index (χ1) is 25.0. The van der Waals surface area contributed by atoms with Crippen LogP contribution < -0.4 is 0 Å². The summed E-state index contributed by atoms with van der Waals surface area (Å²) in [5.41, 5.74) is 0. The average Bonchev–Trinajstić information content (AvgIpc) is 3.12. The minimum atomic E-state index is -0.783. The Hall–Kier alpha value is -2.63. The first kappa shape index (κ1) is 48.4. The number of carbonyl (C=O) groups excluding carboxylic acids is 3. The van der Waals surface area contributed by atoms with E-state index in [1.807, 2.05) is 0 Å². The molecule has 0 aliphatic carbocycles. The van der Waals surface area contributed by atoms with Crippen molar-refractivity contribution in [2.45, 2.75) is 207 Å². The van der Waals surface area contributed by atoms with Gasteiger partial charge in [-0.2, -0.15) is 0 Å². The summed E-state index contributed by atoms with van der Waals surface area (Å²) >= 11 is 0. The fourth-order valence-corrected chi connectivity index (χ4v) is 5.63. The summed E-state index contributed by atoms with van der Waals surface area (Å²) in [5, 5.41) is 0. The predicted octanol–water partition coefficient (Wildman–Crippen LogP) is 13.2. The molecule has 0 aliphatic rings. The van der Waals surface area contributed by atoms with Crippen molar-refractivity contribution in [1.29, 1.82) is 0 Å². The quantitative estimate of drug-likeness (QED) is 0.0276. The van der Waals surface area contributed by atoms with Crippen molar-refractivity contribution >= 4 is 17.9 Å². The highest BCUT2D eigenvalue weighted by atomic mass is 16.6. The maximum Gasteiger partial charge on any atom is 0.306 e. The van der Waals surface area contributed by atoms with Crippen LogP contribution >= 0.6 is 0 Å². The van der Waals surface area contributed by atoms with Crippen LogP contribution in [0.3, 0.4) is 0 Å². The Morgan fingerprint density at radius 2 is 0.804 bits per heavy atom. The fourth-order valence-electron chi connectivity index (χ4n) is 5.63. The van der Waals surface area contributed by atoms with Crippen molar-refractivity contribution in [3.8, 4) is 0 Å². The number of esters is 3. The monoisotopic (exact) mass is 715 g/mol. The third-order valence-electron chi connectivity index (χ3n) is 8.80. The SMILES string of the molecule is CC/C=C\C/C=C\C/C=C\CCCCCC(=O)OCC(COC(=O)CCCCCCCCCCCC)OC(=O)CCCCCCC/C=C\CCC. The molecule has 0 aromatic heterocycles. The van der Waals surface area contributed by atoms with Crippen LogP contribution in [0.2, 0.25) is 0 Å². The second-order valence-electron chi connectivity index (χ2n) is 13.9. The van der Waals surface area contributed by atoms with Gasteiger partial charge in [-0.3, -0.25) is 14.4 Å². The highest BCUT2D eigenvalue weighted by Crippen LogP contribution is 2.13. The Balaban J connectivity index is 4.42. The minimum Gasteiger partial charge on any atom is -0.462 e. The molecule has 0 rings (SSSR count). The van der Waals surface area contributed by atoms with Gasteiger partial charge in [0, 0.05) is 19.3 Å². The van der Waals surface area contributed by atoms with E-state index in [0.29, 0.717) is 19.3 Å². The van der Waals surface area contributed by atoms with Gasteiger partial charge in [-0.15, -0.1) is 0 Å². The van der Waals surface area contributed by atoms with Crippen LogP contribution in [0.15, 0.2) is 48.6 Å². The second kappa shape index (κ2) is 40.1. The number of rotatable bonds is 37. The average molecular weight is 715 g/mol. The topological polar surface area (TPSA) is 78.9 Å². The van der Waals surface area contributed by atoms with Crippen molar-refractivity contribution in [2.24, 2.45) is 0 Å². The molecule has 0 radical (unpaired) electrons. The molecule has 0 aromatic carbocycles. The maximum absolute atomic E-state index is 12.6. The maximum atomic E-state index is 12.6. The molecule has 51 heavy (non-hydrogen) atoms. The van der Waals surface area contributed by atoms with Crippen LogP contribution in [0.1, 0.15) is 201 Å². The molecule has 0 spiro atoms. The van der Waals surface area contributed by atoms with E-state index in [1.54, 1.807) is 0 Å². The zero-order valence-electron chi connectivity index (χ0n) is 33.4. The number of unbranched alkanes of at least 4 members (excludes halogenated alkanes) is 18. The van der Waals surface area contributed by atoms with Crippen LogP contribution in [0.25, 0.3) is 0 Å². The van der Waals surface area contributed by atoms with Crippen LogP contribution in [-0.4, -0.2) is 37.2 Å². The van der Waals surface area contributed by atoms with Gasteiger partial charge in [0.05, 0.1) is 0 Å².